The van der Waals surface area contributed by atoms with Crippen molar-refractivity contribution in [2.75, 3.05) is 13.2 Å². The SMILES string of the molecule is O=C(CN1C(=O)C2CCCCC2C1=O)NC1CCOc2ccc(Br)cc21. The van der Waals surface area contributed by atoms with Crippen LogP contribution in [-0.2, 0) is 14.4 Å². The first-order chi connectivity index (χ1) is 12.5. The molecule has 26 heavy (non-hydrogen) atoms. The first-order valence-electron chi connectivity index (χ1n) is 9.11. The summed E-state index contributed by atoms with van der Waals surface area (Å²) in [5.41, 5.74) is 0.909. The van der Waals surface area contributed by atoms with E-state index in [1.807, 2.05) is 18.2 Å². The van der Waals surface area contributed by atoms with Crippen LogP contribution < -0.4 is 10.1 Å². The monoisotopic (exact) mass is 420 g/mol. The van der Waals surface area contributed by atoms with E-state index < -0.39 is 0 Å². The molecule has 138 valence electrons. The van der Waals surface area contributed by atoms with Crippen molar-refractivity contribution in [2.24, 2.45) is 11.8 Å². The number of rotatable bonds is 3. The van der Waals surface area contributed by atoms with Crippen molar-refractivity contribution in [2.45, 2.75) is 38.1 Å². The third-order valence-electron chi connectivity index (χ3n) is 5.58. The zero-order valence-electron chi connectivity index (χ0n) is 14.4. The van der Waals surface area contributed by atoms with E-state index in [-0.39, 0.29) is 42.1 Å². The van der Waals surface area contributed by atoms with Crippen molar-refractivity contribution >= 4 is 33.7 Å². The summed E-state index contributed by atoms with van der Waals surface area (Å²) >= 11 is 3.44. The molecular formula is C19H21BrN2O4. The van der Waals surface area contributed by atoms with Crippen LogP contribution in [-0.4, -0.2) is 35.8 Å². The second-order valence-corrected chi connectivity index (χ2v) is 8.12. The Morgan fingerprint density at radius 1 is 1.15 bits per heavy atom. The zero-order valence-corrected chi connectivity index (χ0v) is 16.0. The van der Waals surface area contributed by atoms with Gasteiger partial charge in [-0.1, -0.05) is 28.8 Å². The van der Waals surface area contributed by atoms with Gasteiger partial charge in [-0.05, 0) is 31.0 Å². The van der Waals surface area contributed by atoms with Gasteiger partial charge < -0.3 is 10.1 Å². The maximum atomic E-state index is 12.5. The van der Waals surface area contributed by atoms with Crippen LogP contribution in [0.25, 0.3) is 0 Å². The molecule has 1 saturated carbocycles. The smallest absolute Gasteiger partial charge is 0.240 e. The standard InChI is InChI=1S/C19H21BrN2O4/c20-11-5-6-16-14(9-11)15(7-8-26-16)21-17(23)10-22-18(24)12-3-1-2-4-13(12)19(22)25/h5-6,9,12-13,15H,1-4,7-8,10H2,(H,21,23). The molecule has 3 aliphatic rings. The Balaban J connectivity index is 1.44. The molecule has 6 nitrogen and oxygen atoms in total. The Hall–Kier alpha value is -1.89. The average molecular weight is 421 g/mol. The van der Waals surface area contributed by atoms with Crippen LogP contribution in [0.2, 0.25) is 0 Å². The number of hydrogen-bond donors (Lipinski definition) is 1. The topological polar surface area (TPSA) is 75.7 Å². The molecule has 3 atom stereocenters. The van der Waals surface area contributed by atoms with Crippen LogP contribution in [0.15, 0.2) is 22.7 Å². The van der Waals surface area contributed by atoms with Crippen LogP contribution in [0.3, 0.4) is 0 Å². The highest BCUT2D eigenvalue weighted by molar-refractivity contribution is 9.10. The third-order valence-corrected chi connectivity index (χ3v) is 6.07. The van der Waals surface area contributed by atoms with Crippen LogP contribution >= 0.6 is 15.9 Å². The summed E-state index contributed by atoms with van der Waals surface area (Å²) in [5.74, 6) is -0.338. The molecule has 1 aliphatic carbocycles. The number of fused-ring (bicyclic) bond motifs is 2. The molecule has 2 heterocycles. The fraction of sp³-hybridized carbons (Fsp3) is 0.526. The van der Waals surface area contributed by atoms with Crippen molar-refractivity contribution in [3.8, 4) is 5.75 Å². The number of likely N-dealkylation sites (tertiary alicyclic amines) is 1. The first kappa shape index (κ1) is 17.5. The van der Waals surface area contributed by atoms with Crippen LogP contribution in [0.5, 0.6) is 5.75 Å². The molecular weight excluding hydrogens is 400 g/mol. The number of nitrogens with zero attached hydrogens (tertiary/aromatic N) is 1. The number of benzene rings is 1. The van der Waals surface area contributed by atoms with Crippen LogP contribution in [0.4, 0.5) is 0 Å². The average Bonchev–Trinajstić information content (AvgIpc) is 2.87. The lowest BCUT2D eigenvalue weighted by Gasteiger charge is -2.27. The Morgan fingerprint density at radius 3 is 2.54 bits per heavy atom. The fourth-order valence-electron chi connectivity index (χ4n) is 4.29. The number of hydrogen-bond acceptors (Lipinski definition) is 4. The van der Waals surface area contributed by atoms with Crippen molar-refractivity contribution in [1.29, 1.82) is 0 Å². The van der Waals surface area contributed by atoms with Crippen molar-refractivity contribution < 1.29 is 19.1 Å². The van der Waals surface area contributed by atoms with Gasteiger partial charge in [-0.25, -0.2) is 0 Å². The van der Waals surface area contributed by atoms with Gasteiger partial charge in [0.05, 0.1) is 24.5 Å². The number of imide groups is 1. The van der Waals surface area contributed by atoms with Crippen LogP contribution in [0, 0.1) is 11.8 Å². The van der Waals surface area contributed by atoms with Crippen LogP contribution in [0.1, 0.15) is 43.7 Å². The molecule has 4 rings (SSSR count). The van der Waals surface area contributed by atoms with Crippen molar-refractivity contribution in [1.82, 2.24) is 10.2 Å². The van der Waals surface area contributed by atoms with Gasteiger partial charge in [-0.3, -0.25) is 19.3 Å². The fourth-order valence-corrected chi connectivity index (χ4v) is 4.66. The molecule has 0 spiro atoms. The number of halogens is 1. The normalized spacial score (nSPS) is 27.6. The number of carbonyl (C=O) groups is 3. The van der Waals surface area contributed by atoms with E-state index in [1.165, 1.54) is 0 Å². The maximum Gasteiger partial charge on any atom is 0.240 e. The molecule has 7 heteroatoms. The molecule has 0 aromatic heterocycles. The summed E-state index contributed by atoms with van der Waals surface area (Å²) in [6.45, 7) is 0.330. The molecule has 0 bridgehead atoms. The number of nitrogens with one attached hydrogen (secondary N) is 1. The lowest BCUT2D eigenvalue weighted by atomic mass is 9.81. The van der Waals surface area contributed by atoms with E-state index in [1.54, 1.807) is 0 Å². The highest BCUT2D eigenvalue weighted by atomic mass is 79.9. The summed E-state index contributed by atoms with van der Waals surface area (Å²) in [4.78, 5) is 38.8. The Labute approximate surface area is 160 Å². The summed E-state index contributed by atoms with van der Waals surface area (Å²) in [5, 5.41) is 2.97. The van der Waals surface area contributed by atoms with Gasteiger partial charge in [0.25, 0.3) is 0 Å². The minimum absolute atomic E-state index is 0.176. The third kappa shape index (κ3) is 3.13. The molecule has 1 saturated heterocycles. The molecule has 1 aromatic carbocycles. The maximum absolute atomic E-state index is 12.5. The van der Waals surface area contributed by atoms with E-state index in [0.29, 0.717) is 13.0 Å². The van der Waals surface area contributed by atoms with Gasteiger partial charge in [0.15, 0.2) is 0 Å². The Kier molecular flexibility index (Phi) is 4.73. The quantitative estimate of drug-likeness (QED) is 0.762. The van der Waals surface area contributed by atoms with E-state index in [2.05, 4.69) is 21.2 Å². The highest BCUT2D eigenvalue weighted by Gasteiger charge is 2.48. The second-order valence-electron chi connectivity index (χ2n) is 7.20. The van der Waals surface area contributed by atoms with Gasteiger partial charge >= 0.3 is 0 Å². The van der Waals surface area contributed by atoms with Gasteiger partial charge in [0, 0.05) is 16.5 Å². The molecule has 3 unspecified atom stereocenters. The minimum atomic E-state index is -0.303. The predicted octanol–water partition coefficient (Wildman–Crippen LogP) is 2.56. The van der Waals surface area contributed by atoms with Gasteiger partial charge in [0.2, 0.25) is 17.7 Å². The summed E-state index contributed by atoms with van der Waals surface area (Å²) in [6, 6.07) is 5.52. The van der Waals surface area contributed by atoms with Gasteiger partial charge in [0.1, 0.15) is 12.3 Å². The second kappa shape index (κ2) is 7.02. The highest BCUT2D eigenvalue weighted by Crippen LogP contribution is 2.38. The van der Waals surface area contributed by atoms with Crippen molar-refractivity contribution in [3.05, 3.63) is 28.2 Å². The summed E-state index contributed by atoms with van der Waals surface area (Å²) < 4.78 is 6.54. The first-order valence-corrected chi connectivity index (χ1v) is 9.90. The lowest BCUT2D eigenvalue weighted by molar-refractivity contribution is -0.143. The Bertz CT molecular complexity index is 742. The lowest BCUT2D eigenvalue weighted by Crippen LogP contribution is -2.42. The summed E-state index contributed by atoms with van der Waals surface area (Å²) in [7, 11) is 0. The van der Waals surface area contributed by atoms with E-state index in [0.717, 1.165) is 46.4 Å². The molecule has 3 amide bonds. The molecule has 1 aromatic rings. The molecule has 2 aliphatic heterocycles. The largest absolute Gasteiger partial charge is 0.493 e. The molecule has 2 fully saturated rings. The minimum Gasteiger partial charge on any atom is -0.493 e. The van der Waals surface area contributed by atoms with E-state index in [9.17, 15) is 14.4 Å². The molecule has 1 N–H and O–H groups in total. The zero-order chi connectivity index (χ0) is 18.3. The van der Waals surface area contributed by atoms with Gasteiger partial charge in [-0.15, -0.1) is 0 Å². The molecule has 0 radical (unpaired) electrons. The Morgan fingerprint density at radius 2 is 1.85 bits per heavy atom. The van der Waals surface area contributed by atoms with E-state index >= 15 is 0 Å². The van der Waals surface area contributed by atoms with Crippen molar-refractivity contribution in [3.63, 3.8) is 0 Å². The predicted molar refractivity (Wildman–Crippen MR) is 97.3 cm³/mol. The van der Waals surface area contributed by atoms with Gasteiger partial charge in [-0.2, -0.15) is 0 Å². The number of amides is 3. The number of ether oxygens (including phenoxy) is 1. The van der Waals surface area contributed by atoms with E-state index in [4.69, 9.17) is 4.74 Å². The summed E-state index contributed by atoms with van der Waals surface area (Å²) in [6.07, 6.45) is 4.13. The number of carbonyl (C=O) groups excluding carboxylic acids is 3.